The third-order valence-corrected chi connectivity index (χ3v) is 2.85. The van der Waals surface area contributed by atoms with Crippen molar-refractivity contribution in [1.29, 1.82) is 0 Å². The van der Waals surface area contributed by atoms with Crippen molar-refractivity contribution in [3.63, 3.8) is 0 Å². The zero-order valence-electron chi connectivity index (χ0n) is 10.3. The first-order chi connectivity index (χ1) is 8.56. The first-order valence-electron chi connectivity index (χ1n) is 5.90. The van der Waals surface area contributed by atoms with E-state index in [0.717, 1.165) is 12.8 Å². The number of rotatable bonds is 4. The first-order valence-corrected chi connectivity index (χ1v) is 5.90. The molecule has 1 aliphatic heterocycles. The fourth-order valence-electron chi connectivity index (χ4n) is 1.93. The molecule has 0 radical (unpaired) electrons. The number of aliphatic carboxylic acids is 1. The van der Waals surface area contributed by atoms with Crippen LogP contribution in [0.15, 0.2) is 0 Å². The van der Waals surface area contributed by atoms with E-state index in [9.17, 15) is 14.4 Å². The molecule has 0 aromatic rings. The number of urea groups is 1. The predicted molar refractivity (Wildman–Crippen MR) is 62.0 cm³/mol. The van der Waals surface area contributed by atoms with Gasteiger partial charge >= 0.3 is 18.0 Å². The number of ether oxygens (including phenoxy) is 1. The van der Waals surface area contributed by atoms with Crippen molar-refractivity contribution in [1.82, 2.24) is 10.2 Å². The van der Waals surface area contributed by atoms with E-state index < -0.39 is 24.0 Å². The predicted octanol–water partition coefficient (Wildman–Crippen LogP) is 0.198. The molecule has 1 aliphatic rings. The van der Waals surface area contributed by atoms with Crippen LogP contribution in [-0.2, 0) is 14.3 Å². The third-order valence-electron chi connectivity index (χ3n) is 2.85. The number of esters is 1. The van der Waals surface area contributed by atoms with Crippen LogP contribution in [0.3, 0.4) is 0 Å². The monoisotopic (exact) mass is 258 g/mol. The van der Waals surface area contributed by atoms with Gasteiger partial charge in [-0.3, -0.25) is 4.79 Å². The van der Waals surface area contributed by atoms with Gasteiger partial charge in [-0.25, -0.2) is 9.59 Å². The van der Waals surface area contributed by atoms with Crippen LogP contribution >= 0.6 is 0 Å². The average Bonchev–Trinajstić information content (AvgIpc) is 2.37. The number of nitrogens with one attached hydrogen (secondary N) is 1. The molecule has 7 nitrogen and oxygen atoms in total. The normalized spacial score (nSPS) is 19.2. The van der Waals surface area contributed by atoms with Crippen molar-refractivity contribution < 1.29 is 24.2 Å². The zero-order chi connectivity index (χ0) is 13.5. The molecule has 102 valence electrons. The Bertz CT molecular complexity index is 331. The summed E-state index contributed by atoms with van der Waals surface area (Å²) < 4.78 is 4.66. The van der Waals surface area contributed by atoms with Gasteiger partial charge in [0.25, 0.3) is 0 Å². The molecule has 2 amide bonds. The lowest BCUT2D eigenvalue weighted by molar-refractivity contribution is -0.147. The number of carbonyl (C=O) groups excluding carboxylic acids is 2. The highest BCUT2D eigenvalue weighted by molar-refractivity contribution is 5.84. The van der Waals surface area contributed by atoms with E-state index >= 15 is 0 Å². The topological polar surface area (TPSA) is 95.9 Å². The Morgan fingerprint density at radius 1 is 1.39 bits per heavy atom. The molecular formula is C11H18N2O5. The second-order valence-corrected chi connectivity index (χ2v) is 4.10. The Morgan fingerprint density at radius 2 is 2.11 bits per heavy atom. The van der Waals surface area contributed by atoms with Crippen LogP contribution in [0.2, 0.25) is 0 Å². The number of carboxylic acid groups (broad SMARTS) is 1. The summed E-state index contributed by atoms with van der Waals surface area (Å²) in [6.07, 6.45) is 2.15. The van der Waals surface area contributed by atoms with E-state index in [-0.39, 0.29) is 13.0 Å². The summed E-state index contributed by atoms with van der Waals surface area (Å²) in [5.41, 5.74) is 0. The molecule has 0 bridgehead atoms. The van der Waals surface area contributed by atoms with Crippen LogP contribution in [-0.4, -0.2) is 54.2 Å². The molecule has 0 aromatic heterocycles. The molecule has 1 saturated heterocycles. The van der Waals surface area contributed by atoms with Crippen LogP contribution in [0.4, 0.5) is 4.79 Å². The number of carboxylic acids is 1. The number of methoxy groups -OCH3 is 1. The minimum Gasteiger partial charge on any atom is -0.481 e. The number of likely N-dealkylation sites (tertiary alicyclic amines) is 1. The Labute approximate surface area is 105 Å². The van der Waals surface area contributed by atoms with Crippen molar-refractivity contribution in [3.8, 4) is 0 Å². The highest BCUT2D eigenvalue weighted by atomic mass is 16.5. The molecule has 0 aromatic carbocycles. The number of hydrogen-bond donors (Lipinski definition) is 2. The molecule has 1 atom stereocenters. The molecule has 0 aliphatic carbocycles. The maximum Gasteiger partial charge on any atom is 0.328 e. The second kappa shape index (κ2) is 6.83. The Morgan fingerprint density at radius 3 is 2.72 bits per heavy atom. The first kappa shape index (κ1) is 14.3. The summed E-state index contributed by atoms with van der Waals surface area (Å²) in [5, 5.41) is 11.0. The van der Waals surface area contributed by atoms with Crippen molar-refractivity contribution in [2.24, 2.45) is 0 Å². The van der Waals surface area contributed by atoms with Gasteiger partial charge in [-0.05, 0) is 19.3 Å². The van der Waals surface area contributed by atoms with Crippen LogP contribution in [0.25, 0.3) is 0 Å². The van der Waals surface area contributed by atoms with Gasteiger partial charge in [-0.1, -0.05) is 0 Å². The lowest BCUT2D eigenvalue weighted by Gasteiger charge is -2.33. The summed E-state index contributed by atoms with van der Waals surface area (Å²) in [7, 11) is 1.29. The highest BCUT2D eigenvalue weighted by Crippen LogP contribution is 2.18. The molecule has 18 heavy (non-hydrogen) atoms. The van der Waals surface area contributed by atoms with E-state index in [2.05, 4.69) is 10.1 Å². The summed E-state index contributed by atoms with van der Waals surface area (Å²) in [6, 6.07) is -0.972. The van der Waals surface area contributed by atoms with Crippen LogP contribution in [0, 0.1) is 0 Å². The van der Waals surface area contributed by atoms with Gasteiger partial charge < -0.3 is 20.1 Å². The number of amides is 2. The van der Waals surface area contributed by atoms with Crippen molar-refractivity contribution >= 4 is 18.0 Å². The quantitative estimate of drug-likeness (QED) is 0.702. The van der Waals surface area contributed by atoms with E-state index in [0.29, 0.717) is 13.0 Å². The average molecular weight is 258 g/mol. The summed E-state index contributed by atoms with van der Waals surface area (Å²) in [6.45, 7) is 0.539. The maximum absolute atomic E-state index is 11.8. The van der Waals surface area contributed by atoms with Gasteiger partial charge in [0.15, 0.2) is 0 Å². The zero-order valence-corrected chi connectivity index (χ0v) is 10.3. The molecule has 7 heteroatoms. The van der Waals surface area contributed by atoms with Crippen molar-refractivity contribution in [2.45, 2.75) is 31.7 Å². The summed E-state index contributed by atoms with van der Waals surface area (Å²) >= 11 is 0. The standard InChI is InChI=1S/C11H18N2O5/c1-18-10(16)8-4-2-3-7-13(8)11(17)12-6-5-9(14)15/h8H,2-7H2,1H3,(H,12,17)(H,14,15). The van der Waals surface area contributed by atoms with Crippen LogP contribution in [0.1, 0.15) is 25.7 Å². The SMILES string of the molecule is COC(=O)C1CCCCN1C(=O)NCCC(=O)O. The van der Waals surface area contributed by atoms with Crippen molar-refractivity contribution in [2.75, 3.05) is 20.2 Å². The smallest absolute Gasteiger partial charge is 0.328 e. The minimum atomic E-state index is -0.974. The number of carbonyl (C=O) groups is 3. The fourth-order valence-corrected chi connectivity index (χ4v) is 1.93. The summed E-state index contributed by atoms with van der Waals surface area (Å²) in [4.78, 5) is 35.1. The molecule has 2 N–H and O–H groups in total. The molecule has 1 fully saturated rings. The Balaban J connectivity index is 2.52. The number of piperidine rings is 1. The summed E-state index contributed by atoms with van der Waals surface area (Å²) in [5.74, 6) is -1.40. The molecule has 1 rings (SSSR count). The van der Waals surface area contributed by atoms with E-state index in [1.54, 1.807) is 0 Å². The lowest BCUT2D eigenvalue weighted by Crippen LogP contribution is -2.52. The van der Waals surface area contributed by atoms with E-state index in [4.69, 9.17) is 5.11 Å². The molecule has 1 unspecified atom stereocenters. The van der Waals surface area contributed by atoms with Crippen LogP contribution in [0.5, 0.6) is 0 Å². The number of hydrogen-bond acceptors (Lipinski definition) is 4. The van der Waals surface area contributed by atoms with E-state index in [1.807, 2.05) is 0 Å². The van der Waals surface area contributed by atoms with Gasteiger partial charge in [0.2, 0.25) is 0 Å². The molecule has 0 saturated carbocycles. The number of nitrogens with zero attached hydrogens (tertiary/aromatic N) is 1. The molecule has 1 heterocycles. The van der Waals surface area contributed by atoms with Gasteiger partial charge in [-0.2, -0.15) is 0 Å². The van der Waals surface area contributed by atoms with Gasteiger partial charge in [0.1, 0.15) is 6.04 Å². The third kappa shape index (κ3) is 3.90. The fraction of sp³-hybridized carbons (Fsp3) is 0.727. The Kier molecular flexibility index (Phi) is 5.41. The van der Waals surface area contributed by atoms with Gasteiger partial charge in [0.05, 0.1) is 13.5 Å². The Hall–Kier alpha value is -1.79. The maximum atomic E-state index is 11.8. The minimum absolute atomic E-state index is 0.0541. The van der Waals surface area contributed by atoms with E-state index in [1.165, 1.54) is 12.0 Å². The lowest BCUT2D eigenvalue weighted by atomic mass is 10.0. The van der Waals surface area contributed by atoms with Gasteiger partial charge in [-0.15, -0.1) is 0 Å². The van der Waals surface area contributed by atoms with Crippen LogP contribution < -0.4 is 5.32 Å². The largest absolute Gasteiger partial charge is 0.481 e. The highest BCUT2D eigenvalue weighted by Gasteiger charge is 2.32. The van der Waals surface area contributed by atoms with Gasteiger partial charge in [0, 0.05) is 13.1 Å². The second-order valence-electron chi connectivity index (χ2n) is 4.10. The molecule has 0 spiro atoms. The molecular weight excluding hydrogens is 240 g/mol. The van der Waals surface area contributed by atoms with Crippen molar-refractivity contribution in [3.05, 3.63) is 0 Å².